The van der Waals surface area contributed by atoms with Gasteiger partial charge in [-0.15, -0.1) is 0 Å². The number of rotatable bonds is 0. The Hall–Kier alpha value is -1.17. The van der Waals surface area contributed by atoms with Gasteiger partial charge in [0.25, 0.3) is 0 Å². The third-order valence-corrected chi connectivity index (χ3v) is 1.35. The van der Waals surface area contributed by atoms with Crippen LogP contribution >= 0.6 is 12.2 Å². The predicted octanol–water partition coefficient (Wildman–Crippen LogP) is -0.677. The van der Waals surface area contributed by atoms with E-state index in [0.29, 0.717) is 5.82 Å². The van der Waals surface area contributed by atoms with Crippen molar-refractivity contribution in [2.75, 3.05) is 5.84 Å². The number of aryl methyl sites for hydroxylation is 1. The number of aromatic nitrogens is 3. The van der Waals surface area contributed by atoms with Crippen LogP contribution in [0.25, 0.3) is 0 Å². The van der Waals surface area contributed by atoms with Crippen LogP contribution in [0.1, 0.15) is 5.82 Å². The van der Waals surface area contributed by atoms with E-state index >= 15 is 0 Å². The first-order valence-electron chi connectivity index (χ1n) is 2.56. The molecule has 0 saturated carbocycles. The van der Waals surface area contributed by atoms with E-state index in [2.05, 4.69) is 22.4 Å². The molecular weight excluding hydrogens is 152 g/mol. The van der Waals surface area contributed by atoms with Gasteiger partial charge in [0.1, 0.15) is 5.82 Å². The number of H-pyrrole nitrogens is 1. The van der Waals surface area contributed by atoms with E-state index in [9.17, 15) is 4.79 Å². The molecule has 1 aromatic heterocycles. The van der Waals surface area contributed by atoms with E-state index in [4.69, 9.17) is 5.84 Å². The molecule has 1 rings (SSSR count). The minimum absolute atomic E-state index is 0.0214. The Labute approximate surface area is 61.5 Å². The molecule has 3 N–H and O–H groups in total. The fraction of sp³-hybridized carbons (Fsp3) is 0.250. The second-order valence-corrected chi connectivity index (χ2v) is 2.18. The molecule has 54 valence electrons. The van der Waals surface area contributed by atoms with Crippen LogP contribution in [-0.4, -0.2) is 14.9 Å². The molecule has 0 saturated heterocycles. The lowest BCUT2D eigenvalue weighted by Crippen LogP contribution is -2.31. The Bertz CT molecular complexity index is 351. The van der Waals surface area contributed by atoms with Crippen molar-refractivity contribution in [2.45, 2.75) is 6.92 Å². The maximum Gasteiger partial charge on any atom is 0.306 e. The predicted molar refractivity (Wildman–Crippen MR) is 38.6 cm³/mol. The monoisotopic (exact) mass is 158 g/mol. The third kappa shape index (κ3) is 0.926. The molecule has 0 atom stereocenters. The highest BCUT2D eigenvalue weighted by atomic mass is 32.1. The lowest BCUT2D eigenvalue weighted by atomic mass is 10.7. The van der Waals surface area contributed by atoms with Crippen molar-refractivity contribution in [3.05, 3.63) is 20.8 Å². The standard InChI is InChI=1S/C4H6N4OS/c1-2-6-7-3(10)4(9)8(2)5/h5H2,1H3,(H,7,10). The number of hydrogen-bond acceptors (Lipinski definition) is 4. The number of nitrogens with two attached hydrogens (primary N) is 1. The van der Waals surface area contributed by atoms with Gasteiger partial charge in [-0.05, 0) is 6.92 Å². The average molecular weight is 158 g/mol. The largest absolute Gasteiger partial charge is 0.335 e. The van der Waals surface area contributed by atoms with E-state index < -0.39 is 5.56 Å². The fourth-order valence-electron chi connectivity index (χ4n) is 0.490. The maximum absolute atomic E-state index is 10.9. The zero-order valence-corrected chi connectivity index (χ0v) is 6.10. The Morgan fingerprint density at radius 1 is 1.80 bits per heavy atom. The van der Waals surface area contributed by atoms with Gasteiger partial charge in [0.05, 0.1) is 0 Å². The molecule has 0 fully saturated rings. The van der Waals surface area contributed by atoms with E-state index in [-0.39, 0.29) is 4.64 Å². The van der Waals surface area contributed by atoms with Gasteiger partial charge in [0, 0.05) is 0 Å². The molecule has 1 heterocycles. The topological polar surface area (TPSA) is 76.7 Å². The van der Waals surface area contributed by atoms with E-state index in [0.717, 1.165) is 4.68 Å². The van der Waals surface area contributed by atoms with Gasteiger partial charge in [-0.2, -0.15) is 5.10 Å². The van der Waals surface area contributed by atoms with Crippen molar-refractivity contribution in [2.24, 2.45) is 0 Å². The maximum atomic E-state index is 10.9. The summed E-state index contributed by atoms with van der Waals surface area (Å²) in [6.07, 6.45) is 0. The molecule has 6 heteroatoms. The van der Waals surface area contributed by atoms with Crippen LogP contribution in [0, 0.1) is 11.6 Å². The zero-order chi connectivity index (χ0) is 7.72. The minimum atomic E-state index is -0.428. The van der Waals surface area contributed by atoms with Crippen molar-refractivity contribution < 1.29 is 0 Å². The van der Waals surface area contributed by atoms with Gasteiger partial charge in [0.15, 0.2) is 4.64 Å². The number of nitrogen functional groups attached to an aromatic ring is 1. The third-order valence-electron chi connectivity index (χ3n) is 1.08. The Morgan fingerprint density at radius 3 is 2.90 bits per heavy atom. The van der Waals surface area contributed by atoms with Crippen LogP contribution in [0.3, 0.4) is 0 Å². The first-order chi connectivity index (χ1) is 4.63. The van der Waals surface area contributed by atoms with Crippen LogP contribution in [0.5, 0.6) is 0 Å². The van der Waals surface area contributed by atoms with Crippen molar-refractivity contribution >= 4 is 12.2 Å². The van der Waals surface area contributed by atoms with Crippen LogP contribution in [-0.2, 0) is 0 Å². The van der Waals surface area contributed by atoms with Crippen LogP contribution in [0.4, 0.5) is 0 Å². The molecule has 0 bridgehead atoms. The van der Waals surface area contributed by atoms with E-state index in [1.54, 1.807) is 6.92 Å². The zero-order valence-electron chi connectivity index (χ0n) is 5.29. The summed E-state index contributed by atoms with van der Waals surface area (Å²) in [5, 5.41) is 6.01. The van der Waals surface area contributed by atoms with Crippen molar-refractivity contribution in [1.82, 2.24) is 14.9 Å². The fourth-order valence-corrected chi connectivity index (χ4v) is 0.634. The lowest BCUT2D eigenvalue weighted by Gasteiger charge is -1.97. The lowest BCUT2D eigenvalue weighted by molar-refractivity contribution is 0.760. The quantitative estimate of drug-likeness (QED) is 0.387. The molecule has 10 heavy (non-hydrogen) atoms. The highest BCUT2D eigenvalue weighted by molar-refractivity contribution is 7.71. The molecule has 0 aliphatic heterocycles. The number of hydrogen-bond donors (Lipinski definition) is 2. The molecule has 0 unspecified atom stereocenters. The van der Waals surface area contributed by atoms with E-state index in [1.807, 2.05) is 0 Å². The van der Waals surface area contributed by atoms with Gasteiger partial charge in [-0.1, -0.05) is 12.2 Å². The highest BCUT2D eigenvalue weighted by Gasteiger charge is 1.95. The second-order valence-electron chi connectivity index (χ2n) is 1.78. The molecule has 0 aliphatic rings. The Morgan fingerprint density at radius 2 is 2.40 bits per heavy atom. The average Bonchev–Trinajstić information content (AvgIpc) is 1.93. The molecule has 0 aromatic carbocycles. The van der Waals surface area contributed by atoms with Crippen LogP contribution in [0.15, 0.2) is 4.79 Å². The number of nitrogens with zero attached hydrogens (tertiary/aromatic N) is 2. The Balaban J connectivity index is 3.66. The summed E-state index contributed by atoms with van der Waals surface area (Å²) < 4.78 is 0.923. The summed E-state index contributed by atoms with van der Waals surface area (Å²) in [7, 11) is 0. The summed E-state index contributed by atoms with van der Waals surface area (Å²) in [6, 6.07) is 0. The SMILES string of the molecule is Cc1n[nH]c(=S)c(=O)n1N. The summed E-state index contributed by atoms with van der Waals surface area (Å²) in [5.41, 5.74) is -0.428. The van der Waals surface area contributed by atoms with Gasteiger partial charge < -0.3 is 5.84 Å². The first-order valence-corrected chi connectivity index (χ1v) is 2.97. The molecule has 0 radical (unpaired) electrons. The van der Waals surface area contributed by atoms with Gasteiger partial charge >= 0.3 is 5.56 Å². The summed E-state index contributed by atoms with van der Waals surface area (Å²) >= 11 is 4.57. The van der Waals surface area contributed by atoms with Crippen molar-refractivity contribution in [3.63, 3.8) is 0 Å². The van der Waals surface area contributed by atoms with Crippen LogP contribution in [0.2, 0.25) is 0 Å². The van der Waals surface area contributed by atoms with Gasteiger partial charge in [-0.25, -0.2) is 4.68 Å². The smallest absolute Gasteiger partial charge is 0.306 e. The minimum Gasteiger partial charge on any atom is -0.335 e. The molecular formula is C4H6N4OS. The highest BCUT2D eigenvalue weighted by Crippen LogP contribution is 1.77. The Kier molecular flexibility index (Phi) is 1.54. The molecule has 0 aliphatic carbocycles. The summed E-state index contributed by atoms with van der Waals surface area (Å²) in [6.45, 7) is 1.60. The summed E-state index contributed by atoms with van der Waals surface area (Å²) in [5.74, 6) is 5.64. The van der Waals surface area contributed by atoms with Crippen LogP contribution < -0.4 is 11.4 Å². The second kappa shape index (κ2) is 2.22. The summed E-state index contributed by atoms with van der Waals surface area (Å²) in [4.78, 5) is 10.9. The van der Waals surface area contributed by atoms with Crippen molar-refractivity contribution in [1.29, 1.82) is 0 Å². The first kappa shape index (κ1) is 6.94. The number of nitrogens with one attached hydrogen (secondary N) is 1. The molecule has 0 spiro atoms. The van der Waals surface area contributed by atoms with E-state index in [1.165, 1.54) is 0 Å². The molecule has 5 nitrogen and oxygen atoms in total. The molecule has 1 aromatic rings. The van der Waals surface area contributed by atoms with Gasteiger partial charge in [0.2, 0.25) is 0 Å². The van der Waals surface area contributed by atoms with Gasteiger partial charge in [-0.3, -0.25) is 9.89 Å². The normalized spacial score (nSPS) is 9.70. The molecule has 0 amide bonds. The number of aromatic amines is 1. The van der Waals surface area contributed by atoms with Crippen molar-refractivity contribution in [3.8, 4) is 0 Å².